The van der Waals surface area contributed by atoms with Gasteiger partial charge in [-0.25, -0.2) is 9.37 Å². The van der Waals surface area contributed by atoms with E-state index < -0.39 is 5.82 Å². The first-order valence-corrected chi connectivity index (χ1v) is 5.87. The van der Waals surface area contributed by atoms with Crippen molar-refractivity contribution in [3.8, 4) is 0 Å². The fraction of sp³-hybridized carbons (Fsp3) is 0.143. The molecule has 98 valence electrons. The first-order chi connectivity index (χ1) is 9.20. The number of rotatable bonds is 4. The van der Waals surface area contributed by atoms with E-state index >= 15 is 0 Å². The summed E-state index contributed by atoms with van der Waals surface area (Å²) in [6.45, 7) is 0.784. The number of carbonyl (C=O) groups is 1. The minimum absolute atomic E-state index is 0.187. The van der Waals surface area contributed by atoms with E-state index in [9.17, 15) is 9.18 Å². The highest BCUT2D eigenvalue weighted by molar-refractivity contribution is 5.92. The quantitative estimate of drug-likeness (QED) is 0.876. The molecule has 0 saturated heterocycles. The summed E-state index contributed by atoms with van der Waals surface area (Å²) in [6.07, 6.45) is 1.02. The zero-order chi connectivity index (χ0) is 13.7. The van der Waals surface area contributed by atoms with Gasteiger partial charge in [0.2, 0.25) is 0 Å². The summed E-state index contributed by atoms with van der Waals surface area (Å²) in [5.41, 5.74) is 7.74. The van der Waals surface area contributed by atoms with Gasteiger partial charge in [0.05, 0.1) is 6.20 Å². The van der Waals surface area contributed by atoms with Gasteiger partial charge in [-0.3, -0.25) is 4.79 Å². The van der Waals surface area contributed by atoms with E-state index in [1.807, 2.05) is 24.3 Å². The average molecular weight is 259 g/mol. The number of nitrogens with one attached hydrogen (secondary N) is 1. The highest BCUT2D eigenvalue weighted by atomic mass is 19.1. The molecule has 19 heavy (non-hydrogen) atoms. The predicted octanol–water partition coefficient (Wildman–Crippen LogP) is 1.61. The molecule has 0 bridgehead atoms. The van der Waals surface area contributed by atoms with E-state index in [1.54, 1.807) is 0 Å². The number of amides is 1. The Kier molecular flexibility index (Phi) is 4.20. The van der Waals surface area contributed by atoms with Crippen LogP contribution in [0.5, 0.6) is 0 Å². The van der Waals surface area contributed by atoms with E-state index in [0.29, 0.717) is 13.1 Å². The fourth-order valence-electron chi connectivity index (χ4n) is 1.71. The van der Waals surface area contributed by atoms with Gasteiger partial charge in [-0.2, -0.15) is 0 Å². The number of nitrogens with zero attached hydrogens (tertiary/aromatic N) is 1. The van der Waals surface area contributed by atoms with Gasteiger partial charge in [0.1, 0.15) is 11.5 Å². The summed E-state index contributed by atoms with van der Waals surface area (Å²) < 4.78 is 12.7. The molecule has 0 saturated carbocycles. The zero-order valence-corrected chi connectivity index (χ0v) is 10.3. The van der Waals surface area contributed by atoms with Crippen LogP contribution in [0.15, 0.2) is 42.6 Å². The van der Waals surface area contributed by atoms with Crippen molar-refractivity contribution in [2.24, 2.45) is 5.73 Å². The number of hydrogen-bond acceptors (Lipinski definition) is 3. The third-order valence-corrected chi connectivity index (χ3v) is 2.74. The highest BCUT2D eigenvalue weighted by Gasteiger charge is 2.07. The van der Waals surface area contributed by atoms with Crippen LogP contribution in [0.2, 0.25) is 0 Å². The molecule has 0 aliphatic rings. The summed E-state index contributed by atoms with van der Waals surface area (Å²) in [5, 5.41) is 2.73. The first kappa shape index (κ1) is 13.2. The normalized spacial score (nSPS) is 10.2. The lowest BCUT2D eigenvalue weighted by molar-refractivity contribution is 0.0946. The van der Waals surface area contributed by atoms with Crippen LogP contribution < -0.4 is 11.1 Å². The molecule has 1 amide bonds. The minimum atomic E-state index is -0.468. The molecule has 0 unspecified atom stereocenters. The Morgan fingerprint density at radius 2 is 1.95 bits per heavy atom. The lowest BCUT2D eigenvalue weighted by atomic mass is 10.1. The van der Waals surface area contributed by atoms with E-state index in [0.717, 1.165) is 17.3 Å². The summed E-state index contributed by atoms with van der Waals surface area (Å²) in [6, 6.07) is 10.2. The van der Waals surface area contributed by atoms with Gasteiger partial charge in [0.15, 0.2) is 0 Å². The van der Waals surface area contributed by atoms with Gasteiger partial charge in [-0.15, -0.1) is 0 Å². The summed E-state index contributed by atoms with van der Waals surface area (Å²) in [4.78, 5) is 15.5. The Bertz CT molecular complexity index is 569. The lowest BCUT2D eigenvalue weighted by Crippen LogP contribution is -2.24. The highest BCUT2D eigenvalue weighted by Crippen LogP contribution is 2.07. The van der Waals surface area contributed by atoms with Crippen LogP contribution in [-0.2, 0) is 13.1 Å². The van der Waals surface area contributed by atoms with Crippen LogP contribution in [0, 0.1) is 5.82 Å². The van der Waals surface area contributed by atoms with Gasteiger partial charge in [-0.1, -0.05) is 24.3 Å². The predicted molar refractivity (Wildman–Crippen MR) is 69.7 cm³/mol. The number of nitrogens with two attached hydrogens (primary N) is 1. The van der Waals surface area contributed by atoms with Crippen LogP contribution in [0.25, 0.3) is 0 Å². The molecule has 0 fully saturated rings. The van der Waals surface area contributed by atoms with Crippen molar-refractivity contribution in [2.75, 3.05) is 0 Å². The SMILES string of the molecule is NCc1ccccc1CNC(=O)c1ccc(F)cn1. The molecule has 0 aliphatic heterocycles. The molecule has 1 aromatic heterocycles. The van der Waals surface area contributed by atoms with Crippen molar-refractivity contribution in [3.05, 3.63) is 65.2 Å². The minimum Gasteiger partial charge on any atom is -0.347 e. The van der Waals surface area contributed by atoms with Crippen molar-refractivity contribution in [1.29, 1.82) is 0 Å². The van der Waals surface area contributed by atoms with E-state index in [4.69, 9.17) is 5.73 Å². The molecule has 0 radical (unpaired) electrons. The van der Waals surface area contributed by atoms with Crippen molar-refractivity contribution in [3.63, 3.8) is 0 Å². The van der Waals surface area contributed by atoms with E-state index in [2.05, 4.69) is 10.3 Å². The summed E-state index contributed by atoms with van der Waals surface area (Å²) in [5.74, 6) is -0.808. The zero-order valence-electron chi connectivity index (χ0n) is 10.3. The number of aromatic nitrogens is 1. The number of halogens is 1. The third kappa shape index (κ3) is 3.35. The number of pyridine rings is 1. The van der Waals surface area contributed by atoms with Crippen LogP contribution in [-0.4, -0.2) is 10.9 Å². The topological polar surface area (TPSA) is 68.0 Å². The Balaban J connectivity index is 2.02. The smallest absolute Gasteiger partial charge is 0.270 e. The maximum Gasteiger partial charge on any atom is 0.270 e. The number of hydrogen-bond donors (Lipinski definition) is 2. The van der Waals surface area contributed by atoms with Crippen molar-refractivity contribution in [2.45, 2.75) is 13.1 Å². The van der Waals surface area contributed by atoms with Gasteiger partial charge in [0, 0.05) is 13.1 Å². The Hall–Kier alpha value is -2.27. The lowest BCUT2D eigenvalue weighted by Gasteiger charge is -2.08. The van der Waals surface area contributed by atoms with Crippen molar-refractivity contribution in [1.82, 2.24) is 10.3 Å². The third-order valence-electron chi connectivity index (χ3n) is 2.74. The van der Waals surface area contributed by atoms with Crippen LogP contribution in [0.3, 0.4) is 0 Å². The summed E-state index contributed by atoms with van der Waals surface area (Å²) >= 11 is 0. The molecule has 2 rings (SSSR count). The average Bonchev–Trinajstić information content (AvgIpc) is 2.45. The molecule has 3 N–H and O–H groups in total. The van der Waals surface area contributed by atoms with Gasteiger partial charge in [-0.05, 0) is 23.3 Å². The maximum absolute atomic E-state index is 12.7. The van der Waals surface area contributed by atoms with E-state index in [-0.39, 0.29) is 11.6 Å². The van der Waals surface area contributed by atoms with Gasteiger partial charge in [0.25, 0.3) is 5.91 Å². The Morgan fingerprint density at radius 3 is 2.58 bits per heavy atom. The Morgan fingerprint density at radius 1 is 1.21 bits per heavy atom. The van der Waals surface area contributed by atoms with Crippen LogP contribution in [0.1, 0.15) is 21.6 Å². The first-order valence-electron chi connectivity index (χ1n) is 5.87. The molecule has 0 atom stereocenters. The van der Waals surface area contributed by atoms with Crippen LogP contribution >= 0.6 is 0 Å². The molecular weight excluding hydrogens is 245 g/mol. The second-order valence-electron chi connectivity index (χ2n) is 4.02. The molecule has 5 heteroatoms. The number of carbonyl (C=O) groups excluding carboxylic acids is 1. The molecule has 2 aromatic rings. The van der Waals surface area contributed by atoms with Crippen molar-refractivity contribution >= 4 is 5.91 Å². The molecule has 1 heterocycles. The number of benzene rings is 1. The van der Waals surface area contributed by atoms with Crippen molar-refractivity contribution < 1.29 is 9.18 Å². The van der Waals surface area contributed by atoms with Gasteiger partial charge >= 0.3 is 0 Å². The molecule has 0 spiro atoms. The van der Waals surface area contributed by atoms with Gasteiger partial charge < -0.3 is 11.1 Å². The standard InChI is InChI=1S/C14H14FN3O/c15-12-5-6-13(17-9-12)14(19)18-8-11-4-2-1-3-10(11)7-16/h1-6,9H,7-8,16H2,(H,18,19). The molecule has 0 aliphatic carbocycles. The fourth-order valence-corrected chi connectivity index (χ4v) is 1.71. The van der Waals surface area contributed by atoms with E-state index in [1.165, 1.54) is 12.1 Å². The molecular formula is C14H14FN3O. The second kappa shape index (κ2) is 6.06. The monoisotopic (exact) mass is 259 g/mol. The Labute approximate surface area is 110 Å². The van der Waals surface area contributed by atoms with Crippen LogP contribution in [0.4, 0.5) is 4.39 Å². The maximum atomic E-state index is 12.7. The molecule has 4 nitrogen and oxygen atoms in total. The molecule has 1 aromatic carbocycles. The summed E-state index contributed by atoms with van der Waals surface area (Å²) in [7, 11) is 0. The largest absolute Gasteiger partial charge is 0.347 e. The second-order valence-corrected chi connectivity index (χ2v) is 4.02.